The lowest BCUT2D eigenvalue weighted by atomic mass is 10.2. The van der Waals surface area contributed by atoms with Gasteiger partial charge in [0.25, 0.3) is 0 Å². The molecule has 0 saturated heterocycles. The number of hydrogen-bond donors (Lipinski definition) is 1. The first-order chi connectivity index (χ1) is 9.58. The van der Waals surface area contributed by atoms with Gasteiger partial charge in [-0.15, -0.1) is 0 Å². The fourth-order valence-electron chi connectivity index (χ4n) is 2.14. The van der Waals surface area contributed by atoms with Crippen molar-refractivity contribution in [3.05, 3.63) is 29.4 Å². The minimum Gasteiger partial charge on any atom is -0.339 e. The quantitative estimate of drug-likeness (QED) is 0.877. The molecule has 0 aromatic carbocycles. The lowest BCUT2D eigenvalue weighted by Gasteiger charge is -2.09. The third-order valence-electron chi connectivity index (χ3n) is 3.03. The Balaban J connectivity index is 2.08. The van der Waals surface area contributed by atoms with E-state index in [2.05, 4.69) is 34.3 Å². The Bertz CT molecular complexity index is 545. The van der Waals surface area contributed by atoms with E-state index in [4.69, 9.17) is 4.52 Å². The highest BCUT2D eigenvalue weighted by Gasteiger charge is 2.12. The molecular formula is C15H22N4O. The number of pyridine rings is 1. The van der Waals surface area contributed by atoms with Gasteiger partial charge in [-0.25, -0.2) is 0 Å². The molecule has 20 heavy (non-hydrogen) atoms. The normalized spacial score (nSPS) is 12.6. The third-order valence-corrected chi connectivity index (χ3v) is 3.03. The van der Waals surface area contributed by atoms with E-state index < -0.39 is 0 Å². The predicted octanol–water partition coefficient (Wildman–Crippen LogP) is 2.68. The Morgan fingerprint density at radius 3 is 2.55 bits per heavy atom. The van der Waals surface area contributed by atoms with E-state index in [1.165, 1.54) is 0 Å². The zero-order chi connectivity index (χ0) is 14.5. The fourth-order valence-corrected chi connectivity index (χ4v) is 2.14. The van der Waals surface area contributed by atoms with Crippen molar-refractivity contribution >= 4 is 0 Å². The van der Waals surface area contributed by atoms with Crippen molar-refractivity contribution in [2.45, 2.75) is 46.6 Å². The summed E-state index contributed by atoms with van der Waals surface area (Å²) in [6.45, 7) is 9.21. The highest BCUT2D eigenvalue weighted by molar-refractivity contribution is 5.55. The Labute approximate surface area is 119 Å². The third kappa shape index (κ3) is 3.87. The predicted molar refractivity (Wildman–Crippen MR) is 78.5 cm³/mol. The van der Waals surface area contributed by atoms with Crippen molar-refractivity contribution in [2.24, 2.45) is 0 Å². The first-order valence-corrected chi connectivity index (χ1v) is 7.10. The maximum absolute atomic E-state index is 5.33. The van der Waals surface area contributed by atoms with Crippen LogP contribution in [0.25, 0.3) is 11.4 Å². The Morgan fingerprint density at radius 2 is 1.90 bits per heavy atom. The minimum atomic E-state index is 0.337. The number of aromatic nitrogens is 3. The first kappa shape index (κ1) is 14.7. The molecular weight excluding hydrogens is 252 g/mol. The lowest BCUT2D eigenvalue weighted by molar-refractivity contribution is 0.362. The van der Waals surface area contributed by atoms with E-state index in [1.807, 2.05) is 26.0 Å². The van der Waals surface area contributed by atoms with Crippen LogP contribution in [-0.2, 0) is 6.42 Å². The monoisotopic (exact) mass is 274 g/mol. The standard InChI is InChI=1S/C15H22N4O/c1-5-6-16-10(2)9-14-18-15(19-20-14)13-7-11(3)17-12(4)8-13/h7-8,10,16H,5-6,9H2,1-4H3. The molecule has 2 heterocycles. The molecule has 1 atom stereocenters. The average Bonchev–Trinajstić information content (AvgIpc) is 2.83. The van der Waals surface area contributed by atoms with Crippen LogP contribution in [0.4, 0.5) is 0 Å². The van der Waals surface area contributed by atoms with Crippen molar-refractivity contribution < 1.29 is 4.52 Å². The summed E-state index contributed by atoms with van der Waals surface area (Å²) in [5.74, 6) is 1.31. The second-order valence-corrected chi connectivity index (χ2v) is 5.21. The van der Waals surface area contributed by atoms with Crippen molar-refractivity contribution in [1.29, 1.82) is 0 Å². The van der Waals surface area contributed by atoms with Gasteiger partial charge in [0.05, 0.1) is 0 Å². The molecule has 108 valence electrons. The molecule has 2 aromatic heterocycles. The molecule has 2 rings (SSSR count). The lowest BCUT2D eigenvalue weighted by Crippen LogP contribution is -2.28. The van der Waals surface area contributed by atoms with Crippen LogP contribution in [0.2, 0.25) is 0 Å². The molecule has 0 amide bonds. The smallest absolute Gasteiger partial charge is 0.228 e. The van der Waals surface area contributed by atoms with Crippen molar-refractivity contribution in [3.63, 3.8) is 0 Å². The van der Waals surface area contributed by atoms with Crippen LogP contribution in [-0.4, -0.2) is 27.7 Å². The summed E-state index contributed by atoms with van der Waals surface area (Å²) in [6.07, 6.45) is 1.87. The van der Waals surface area contributed by atoms with Gasteiger partial charge in [0.15, 0.2) is 0 Å². The Morgan fingerprint density at radius 1 is 1.20 bits per heavy atom. The molecule has 1 N–H and O–H groups in total. The topological polar surface area (TPSA) is 63.8 Å². The Kier molecular flexibility index (Phi) is 4.84. The summed E-state index contributed by atoms with van der Waals surface area (Å²) in [6, 6.07) is 4.28. The molecule has 0 aliphatic carbocycles. The van der Waals surface area contributed by atoms with Gasteiger partial charge in [-0.1, -0.05) is 12.1 Å². The fraction of sp³-hybridized carbons (Fsp3) is 0.533. The first-order valence-electron chi connectivity index (χ1n) is 7.10. The molecule has 5 nitrogen and oxygen atoms in total. The van der Waals surface area contributed by atoms with E-state index >= 15 is 0 Å². The summed E-state index contributed by atoms with van der Waals surface area (Å²) in [7, 11) is 0. The molecule has 0 radical (unpaired) electrons. The number of nitrogens with zero attached hydrogens (tertiary/aromatic N) is 3. The summed E-state index contributed by atoms with van der Waals surface area (Å²) in [5.41, 5.74) is 2.88. The van der Waals surface area contributed by atoms with Crippen LogP contribution in [0, 0.1) is 13.8 Å². The SMILES string of the molecule is CCCNC(C)Cc1nc(-c2cc(C)nc(C)c2)no1. The summed E-state index contributed by atoms with van der Waals surface area (Å²) in [5, 5.41) is 7.47. The van der Waals surface area contributed by atoms with Crippen molar-refractivity contribution in [3.8, 4) is 11.4 Å². The van der Waals surface area contributed by atoms with Gasteiger partial charge in [0.1, 0.15) is 0 Å². The van der Waals surface area contributed by atoms with E-state index in [0.29, 0.717) is 17.8 Å². The van der Waals surface area contributed by atoms with Crippen LogP contribution in [0.15, 0.2) is 16.7 Å². The summed E-state index contributed by atoms with van der Waals surface area (Å²) < 4.78 is 5.33. The number of aryl methyl sites for hydroxylation is 2. The molecule has 5 heteroatoms. The molecule has 0 aliphatic rings. The second kappa shape index (κ2) is 6.61. The second-order valence-electron chi connectivity index (χ2n) is 5.21. The van der Waals surface area contributed by atoms with Crippen LogP contribution in [0.3, 0.4) is 0 Å². The van der Waals surface area contributed by atoms with Gasteiger partial charge in [-0.2, -0.15) is 4.98 Å². The maximum atomic E-state index is 5.33. The zero-order valence-electron chi connectivity index (χ0n) is 12.6. The molecule has 0 spiro atoms. The van der Waals surface area contributed by atoms with Gasteiger partial charge < -0.3 is 9.84 Å². The van der Waals surface area contributed by atoms with E-state index in [1.54, 1.807) is 0 Å². The van der Waals surface area contributed by atoms with E-state index in [0.717, 1.165) is 36.3 Å². The van der Waals surface area contributed by atoms with Crippen LogP contribution >= 0.6 is 0 Å². The molecule has 2 aromatic rings. The summed E-state index contributed by atoms with van der Waals surface area (Å²) in [4.78, 5) is 8.82. The van der Waals surface area contributed by atoms with Gasteiger partial charge in [0, 0.05) is 29.4 Å². The van der Waals surface area contributed by atoms with Crippen LogP contribution in [0.1, 0.15) is 37.5 Å². The van der Waals surface area contributed by atoms with Gasteiger partial charge in [-0.3, -0.25) is 4.98 Å². The number of rotatable bonds is 6. The van der Waals surface area contributed by atoms with Gasteiger partial charge >= 0.3 is 0 Å². The number of hydrogen-bond acceptors (Lipinski definition) is 5. The Hall–Kier alpha value is -1.75. The largest absolute Gasteiger partial charge is 0.339 e. The average molecular weight is 274 g/mol. The highest BCUT2D eigenvalue weighted by atomic mass is 16.5. The van der Waals surface area contributed by atoms with Gasteiger partial charge in [-0.05, 0) is 45.9 Å². The van der Waals surface area contributed by atoms with Crippen LogP contribution < -0.4 is 5.32 Å². The van der Waals surface area contributed by atoms with E-state index in [9.17, 15) is 0 Å². The molecule has 0 saturated carbocycles. The van der Waals surface area contributed by atoms with Gasteiger partial charge in [0.2, 0.25) is 11.7 Å². The van der Waals surface area contributed by atoms with Crippen molar-refractivity contribution in [1.82, 2.24) is 20.4 Å². The van der Waals surface area contributed by atoms with Crippen LogP contribution in [0.5, 0.6) is 0 Å². The maximum Gasteiger partial charge on any atom is 0.228 e. The minimum absolute atomic E-state index is 0.337. The highest BCUT2D eigenvalue weighted by Crippen LogP contribution is 2.18. The van der Waals surface area contributed by atoms with Crippen molar-refractivity contribution in [2.75, 3.05) is 6.54 Å². The molecule has 0 fully saturated rings. The van der Waals surface area contributed by atoms with E-state index in [-0.39, 0.29) is 0 Å². The molecule has 1 unspecified atom stereocenters. The number of nitrogens with one attached hydrogen (secondary N) is 1. The zero-order valence-corrected chi connectivity index (χ0v) is 12.6. The molecule has 0 aliphatic heterocycles. The molecule has 0 bridgehead atoms. The summed E-state index contributed by atoms with van der Waals surface area (Å²) >= 11 is 0.